The Morgan fingerprint density at radius 3 is 2.69 bits per heavy atom. The van der Waals surface area contributed by atoms with Crippen LogP contribution in [-0.4, -0.2) is 30.9 Å². The monoisotopic (exact) mass is 478 g/mol. The van der Waals surface area contributed by atoms with Gasteiger partial charge in [0, 0.05) is 23.1 Å². The molecule has 2 aromatic carbocycles. The fraction of sp³-hybridized carbons (Fsp3) is 0.286. The van der Waals surface area contributed by atoms with Crippen molar-refractivity contribution >= 4 is 56.7 Å². The summed E-state index contributed by atoms with van der Waals surface area (Å²) < 4.78 is 5.91. The van der Waals surface area contributed by atoms with Gasteiger partial charge in [-0.2, -0.15) is 0 Å². The Hall–Kier alpha value is -2.38. The Bertz CT molecular complexity index is 979. The predicted octanol–water partition coefficient (Wildman–Crippen LogP) is 4.25. The van der Waals surface area contributed by atoms with Gasteiger partial charge in [-0.25, -0.2) is 0 Å². The number of carbonyl (C=O) groups is 3. The van der Waals surface area contributed by atoms with Crippen LogP contribution in [0.5, 0.6) is 0 Å². The molecule has 0 saturated carbocycles. The summed E-state index contributed by atoms with van der Waals surface area (Å²) in [4.78, 5) is 38.4. The number of nitrogens with zero attached hydrogens (tertiary/aromatic N) is 1. The van der Waals surface area contributed by atoms with Crippen LogP contribution in [0.25, 0.3) is 0 Å². The Balaban J connectivity index is 1.56. The van der Waals surface area contributed by atoms with E-state index in [0.29, 0.717) is 10.7 Å². The highest BCUT2D eigenvalue weighted by Crippen LogP contribution is 2.29. The van der Waals surface area contributed by atoms with Crippen LogP contribution in [0.2, 0.25) is 5.02 Å². The Kier molecular flexibility index (Phi) is 6.59. The topological polar surface area (TPSA) is 75.7 Å². The second-order valence-corrected chi connectivity index (χ2v) is 8.30. The quantitative estimate of drug-likeness (QED) is 0.651. The van der Waals surface area contributed by atoms with Gasteiger partial charge in [-0.05, 0) is 43.7 Å². The number of rotatable bonds is 5. The minimum atomic E-state index is -0.604. The van der Waals surface area contributed by atoms with Crippen molar-refractivity contribution in [2.24, 2.45) is 5.92 Å². The summed E-state index contributed by atoms with van der Waals surface area (Å²) in [6.45, 7) is 3.70. The molecule has 0 aliphatic carbocycles. The third-order valence-electron chi connectivity index (χ3n) is 4.65. The molecule has 1 aliphatic rings. The van der Waals surface area contributed by atoms with Gasteiger partial charge in [0.2, 0.25) is 5.91 Å². The van der Waals surface area contributed by atoms with Crippen LogP contribution < -0.4 is 10.2 Å². The molecule has 6 nitrogen and oxygen atoms in total. The molecule has 1 atom stereocenters. The van der Waals surface area contributed by atoms with E-state index in [2.05, 4.69) is 21.2 Å². The number of esters is 1. The molecule has 0 aromatic heterocycles. The van der Waals surface area contributed by atoms with E-state index in [1.165, 1.54) is 0 Å². The molecule has 0 bridgehead atoms. The van der Waals surface area contributed by atoms with E-state index in [-0.39, 0.29) is 18.9 Å². The van der Waals surface area contributed by atoms with E-state index in [9.17, 15) is 14.4 Å². The molecule has 152 valence electrons. The fourth-order valence-corrected chi connectivity index (χ4v) is 3.96. The third kappa shape index (κ3) is 5.16. The number of benzene rings is 2. The summed E-state index contributed by atoms with van der Waals surface area (Å²) >= 11 is 9.34. The zero-order chi connectivity index (χ0) is 21.1. The summed E-state index contributed by atoms with van der Waals surface area (Å²) in [5.74, 6) is -1.81. The molecular weight excluding hydrogens is 460 g/mol. The predicted molar refractivity (Wildman–Crippen MR) is 115 cm³/mol. The van der Waals surface area contributed by atoms with E-state index >= 15 is 0 Å². The molecule has 29 heavy (non-hydrogen) atoms. The van der Waals surface area contributed by atoms with Gasteiger partial charge in [-0.3, -0.25) is 14.4 Å². The van der Waals surface area contributed by atoms with Gasteiger partial charge in [0.15, 0.2) is 6.61 Å². The summed E-state index contributed by atoms with van der Waals surface area (Å²) in [6, 6.07) is 10.8. The normalized spacial score (nSPS) is 16.1. The number of halogens is 2. The number of nitrogens with one attached hydrogen (secondary N) is 1. The van der Waals surface area contributed by atoms with E-state index in [0.717, 1.165) is 21.3 Å². The fourth-order valence-electron chi connectivity index (χ4n) is 3.24. The van der Waals surface area contributed by atoms with E-state index < -0.39 is 24.4 Å². The first kappa shape index (κ1) is 21.3. The first-order valence-corrected chi connectivity index (χ1v) is 10.2. The first-order chi connectivity index (χ1) is 13.7. The van der Waals surface area contributed by atoms with Crippen molar-refractivity contribution in [2.45, 2.75) is 20.3 Å². The van der Waals surface area contributed by atoms with Crippen molar-refractivity contribution in [3.05, 3.63) is 57.0 Å². The highest BCUT2D eigenvalue weighted by Gasteiger charge is 2.36. The number of amides is 2. The van der Waals surface area contributed by atoms with Crippen LogP contribution >= 0.6 is 27.5 Å². The molecule has 3 rings (SSSR count). The highest BCUT2D eigenvalue weighted by atomic mass is 79.9. The molecule has 1 aliphatic heterocycles. The van der Waals surface area contributed by atoms with E-state index in [1.54, 1.807) is 23.1 Å². The van der Waals surface area contributed by atoms with Crippen molar-refractivity contribution in [1.29, 1.82) is 0 Å². The summed E-state index contributed by atoms with van der Waals surface area (Å²) in [7, 11) is 0. The minimum Gasteiger partial charge on any atom is -0.455 e. The maximum atomic E-state index is 12.4. The summed E-state index contributed by atoms with van der Waals surface area (Å²) in [6.07, 6.45) is 0.0618. The van der Waals surface area contributed by atoms with Crippen molar-refractivity contribution in [3.63, 3.8) is 0 Å². The van der Waals surface area contributed by atoms with E-state index in [4.69, 9.17) is 16.3 Å². The molecule has 1 fully saturated rings. The lowest BCUT2D eigenvalue weighted by molar-refractivity contribution is -0.151. The largest absolute Gasteiger partial charge is 0.455 e. The Morgan fingerprint density at radius 1 is 1.24 bits per heavy atom. The zero-order valence-electron chi connectivity index (χ0n) is 16.0. The number of ether oxygens (including phenoxy) is 1. The number of anilines is 2. The van der Waals surface area contributed by atoms with Crippen LogP contribution in [0.4, 0.5) is 11.4 Å². The standard InChI is InChI=1S/C21H20BrClN2O4/c1-12-3-6-18(13(2)7-12)25-10-14(8-20(25)27)21(28)29-11-19(26)24-17-5-4-15(22)9-16(17)23/h3-7,9,14H,8,10-11H2,1-2H3,(H,24,26)/t14-/m1/s1. The minimum absolute atomic E-state index is 0.0618. The first-order valence-electron chi connectivity index (χ1n) is 9.03. The molecule has 8 heteroatoms. The molecule has 2 amide bonds. The SMILES string of the molecule is Cc1ccc(N2C[C@H](C(=O)OCC(=O)Nc3ccc(Br)cc3Cl)CC2=O)c(C)c1. The van der Waals surface area contributed by atoms with Crippen LogP contribution in [0.1, 0.15) is 17.5 Å². The van der Waals surface area contributed by atoms with Gasteiger partial charge in [0.25, 0.3) is 5.91 Å². The van der Waals surface area contributed by atoms with Crippen molar-refractivity contribution < 1.29 is 19.1 Å². The van der Waals surface area contributed by atoms with Crippen molar-refractivity contribution in [3.8, 4) is 0 Å². The number of hydrogen-bond acceptors (Lipinski definition) is 4. The van der Waals surface area contributed by atoms with Gasteiger partial charge in [0.05, 0.1) is 16.6 Å². The average Bonchev–Trinajstić information content (AvgIpc) is 3.04. The maximum Gasteiger partial charge on any atom is 0.311 e. The molecular formula is C21H20BrClN2O4. The number of hydrogen-bond donors (Lipinski definition) is 1. The van der Waals surface area contributed by atoms with Crippen molar-refractivity contribution in [2.75, 3.05) is 23.4 Å². The molecule has 1 heterocycles. The van der Waals surface area contributed by atoms with Crippen LogP contribution in [0, 0.1) is 19.8 Å². The molecule has 0 spiro atoms. The summed E-state index contributed by atoms with van der Waals surface area (Å²) in [5.41, 5.74) is 3.29. The maximum absolute atomic E-state index is 12.4. The number of aryl methyl sites for hydroxylation is 2. The van der Waals surface area contributed by atoms with Gasteiger partial charge < -0.3 is 15.0 Å². The number of carbonyl (C=O) groups excluding carboxylic acids is 3. The molecule has 0 unspecified atom stereocenters. The van der Waals surface area contributed by atoms with E-state index in [1.807, 2.05) is 32.0 Å². The van der Waals surface area contributed by atoms with Gasteiger partial charge in [-0.15, -0.1) is 0 Å². The molecule has 2 aromatic rings. The lowest BCUT2D eigenvalue weighted by Crippen LogP contribution is -2.28. The second kappa shape index (κ2) is 8.97. The van der Waals surface area contributed by atoms with Crippen LogP contribution in [0.15, 0.2) is 40.9 Å². The van der Waals surface area contributed by atoms with Crippen molar-refractivity contribution in [1.82, 2.24) is 0 Å². The smallest absolute Gasteiger partial charge is 0.311 e. The Labute approximate surface area is 182 Å². The van der Waals surface area contributed by atoms with Gasteiger partial charge in [-0.1, -0.05) is 45.2 Å². The lowest BCUT2D eigenvalue weighted by Gasteiger charge is -2.19. The zero-order valence-corrected chi connectivity index (χ0v) is 18.3. The van der Waals surface area contributed by atoms with Gasteiger partial charge >= 0.3 is 5.97 Å². The van der Waals surface area contributed by atoms with Crippen LogP contribution in [0.3, 0.4) is 0 Å². The van der Waals surface area contributed by atoms with Crippen LogP contribution in [-0.2, 0) is 19.1 Å². The molecule has 1 saturated heterocycles. The highest BCUT2D eigenvalue weighted by molar-refractivity contribution is 9.10. The third-order valence-corrected chi connectivity index (χ3v) is 5.46. The van der Waals surface area contributed by atoms with Gasteiger partial charge in [0.1, 0.15) is 0 Å². The second-order valence-electron chi connectivity index (χ2n) is 6.98. The molecule has 0 radical (unpaired) electrons. The average molecular weight is 480 g/mol. The molecule has 1 N–H and O–H groups in total. The lowest BCUT2D eigenvalue weighted by atomic mass is 10.1. The Morgan fingerprint density at radius 2 is 2.00 bits per heavy atom. The summed E-state index contributed by atoms with van der Waals surface area (Å²) in [5, 5.41) is 2.96.